The van der Waals surface area contributed by atoms with E-state index in [1.165, 1.54) is 23.5 Å². The van der Waals surface area contributed by atoms with Crippen LogP contribution in [0.15, 0.2) is 0 Å². The fourth-order valence-corrected chi connectivity index (χ4v) is 6.63. The summed E-state index contributed by atoms with van der Waals surface area (Å²) in [6.45, 7) is 15.7. The number of Topliss-reactive ketones (excluding diaryl/α,β-unsaturated/α-hetero) is 2. The molecule has 0 spiro atoms. The number of ketones is 2. The van der Waals surface area contributed by atoms with Crippen molar-refractivity contribution in [1.82, 2.24) is 0 Å². The molecule has 0 aliphatic carbocycles. The van der Waals surface area contributed by atoms with Gasteiger partial charge in [-0.15, -0.1) is 23.5 Å². The predicted molar refractivity (Wildman–Crippen MR) is 120 cm³/mol. The number of carbonyl (C=O) groups excluding carboxylic acids is 2. The second kappa shape index (κ2) is 10.7. The van der Waals surface area contributed by atoms with Gasteiger partial charge in [0.25, 0.3) is 0 Å². The standard InChI is InChI=1S/C22H36N2O2S2/c1-9-11-17(25)13-21(15-23,27-19(3,4)5)22(16-24,28-20(6,7)8)14-18(26)12-10-2/h9-14H2,1-8H3. The molecule has 0 aromatic heterocycles. The first-order valence-corrected chi connectivity index (χ1v) is 11.6. The third-order valence-corrected chi connectivity index (χ3v) is 7.14. The highest BCUT2D eigenvalue weighted by Crippen LogP contribution is 2.56. The van der Waals surface area contributed by atoms with Crippen molar-refractivity contribution in [2.75, 3.05) is 0 Å². The van der Waals surface area contributed by atoms with Gasteiger partial charge in [0, 0.05) is 35.2 Å². The highest BCUT2D eigenvalue weighted by atomic mass is 32.2. The smallest absolute Gasteiger partial charge is 0.138 e. The third-order valence-electron chi connectivity index (χ3n) is 3.92. The summed E-state index contributed by atoms with van der Waals surface area (Å²) in [5.41, 5.74) is 0. The third kappa shape index (κ3) is 8.18. The second-order valence-corrected chi connectivity index (χ2v) is 13.5. The van der Waals surface area contributed by atoms with Crippen LogP contribution in [0.4, 0.5) is 0 Å². The molecule has 2 unspecified atom stereocenters. The van der Waals surface area contributed by atoms with Gasteiger partial charge in [-0.2, -0.15) is 10.5 Å². The number of nitriles is 2. The number of nitrogens with zero attached hydrogens (tertiary/aromatic N) is 2. The summed E-state index contributed by atoms with van der Waals surface area (Å²) in [4.78, 5) is 25.4. The van der Waals surface area contributed by atoms with Crippen LogP contribution >= 0.6 is 23.5 Å². The molecule has 0 aromatic rings. The Bertz CT molecular complexity index is 579. The summed E-state index contributed by atoms with van der Waals surface area (Å²) >= 11 is 2.72. The normalized spacial score (nSPS) is 16.4. The van der Waals surface area contributed by atoms with E-state index < -0.39 is 9.49 Å². The van der Waals surface area contributed by atoms with Crippen molar-refractivity contribution in [2.45, 2.75) is 113 Å². The van der Waals surface area contributed by atoms with E-state index in [1.54, 1.807) is 0 Å². The number of rotatable bonds is 11. The van der Waals surface area contributed by atoms with Crippen molar-refractivity contribution in [3.05, 3.63) is 0 Å². The van der Waals surface area contributed by atoms with E-state index in [0.717, 1.165) is 0 Å². The summed E-state index contributed by atoms with van der Waals surface area (Å²) in [7, 11) is 0. The van der Waals surface area contributed by atoms with Crippen LogP contribution in [0, 0.1) is 22.7 Å². The first kappa shape index (κ1) is 27.0. The Labute approximate surface area is 180 Å². The van der Waals surface area contributed by atoms with Crippen LogP contribution in [-0.2, 0) is 9.59 Å². The molecule has 0 saturated carbocycles. The summed E-state index contributed by atoms with van der Waals surface area (Å²) in [6.07, 6.45) is 2.10. The summed E-state index contributed by atoms with van der Waals surface area (Å²) < 4.78 is -3.30. The van der Waals surface area contributed by atoms with Crippen molar-refractivity contribution in [2.24, 2.45) is 0 Å². The van der Waals surface area contributed by atoms with Gasteiger partial charge < -0.3 is 0 Å². The van der Waals surface area contributed by atoms with E-state index in [4.69, 9.17) is 0 Å². The molecular weight excluding hydrogens is 388 g/mol. The van der Waals surface area contributed by atoms with E-state index >= 15 is 0 Å². The lowest BCUT2D eigenvalue weighted by molar-refractivity contribution is -0.121. The van der Waals surface area contributed by atoms with Gasteiger partial charge in [-0.3, -0.25) is 9.59 Å². The molecule has 0 amide bonds. The van der Waals surface area contributed by atoms with Gasteiger partial charge in [0.05, 0.1) is 12.1 Å². The molecular formula is C22H36N2O2S2. The zero-order chi connectivity index (χ0) is 22.2. The van der Waals surface area contributed by atoms with Gasteiger partial charge >= 0.3 is 0 Å². The Hall–Kier alpha value is -0.980. The highest BCUT2D eigenvalue weighted by Gasteiger charge is 2.58. The topological polar surface area (TPSA) is 81.7 Å². The highest BCUT2D eigenvalue weighted by molar-refractivity contribution is 8.06. The van der Waals surface area contributed by atoms with Crippen LogP contribution in [0.25, 0.3) is 0 Å². The SMILES string of the molecule is CCCC(=O)CC(C#N)(SC(C)(C)C)C(C#N)(CC(=O)CCC)SC(C)(C)C. The van der Waals surface area contributed by atoms with Gasteiger partial charge in [-0.05, 0) is 12.8 Å². The molecule has 0 fully saturated rings. The molecule has 28 heavy (non-hydrogen) atoms. The Kier molecular flexibility index (Phi) is 10.3. The van der Waals surface area contributed by atoms with E-state index in [9.17, 15) is 20.1 Å². The first-order valence-electron chi connectivity index (χ1n) is 9.96. The minimum absolute atomic E-state index is 0.0185. The average Bonchev–Trinajstić information content (AvgIpc) is 2.51. The largest absolute Gasteiger partial charge is 0.300 e. The fraction of sp³-hybridized carbons (Fsp3) is 0.818. The van der Waals surface area contributed by atoms with Crippen LogP contribution in [0.2, 0.25) is 0 Å². The minimum Gasteiger partial charge on any atom is -0.300 e. The molecule has 0 N–H and O–H groups in total. The Balaban J connectivity index is 6.62. The molecule has 2 atom stereocenters. The quantitative estimate of drug-likeness (QED) is 0.399. The lowest BCUT2D eigenvalue weighted by Crippen LogP contribution is -2.53. The van der Waals surface area contributed by atoms with Crippen molar-refractivity contribution in [3.8, 4) is 12.1 Å². The van der Waals surface area contributed by atoms with Crippen molar-refractivity contribution < 1.29 is 9.59 Å². The lowest BCUT2D eigenvalue weighted by Gasteiger charge is -2.46. The summed E-state index contributed by atoms with van der Waals surface area (Å²) in [6, 6.07) is 4.74. The maximum atomic E-state index is 12.7. The molecule has 0 aliphatic heterocycles. The number of hydrogen-bond acceptors (Lipinski definition) is 6. The molecule has 6 heteroatoms. The summed E-state index contributed by atoms with van der Waals surface area (Å²) in [5.74, 6) is -0.0595. The monoisotopic (exact) mass is 424 g/mol. The molecule has 0 aliphatic rings. The minimum atomic E-state index is -1.30. The van der Waals surface area contributed by atoms with Crippen LogP contribution in [0.1, 0.15) is 93.9 Å². The lowest BCUT2D eigenvalue weighted by atomic mass is 9.83. The van der Waals surface area contributed by atoms with Gasteiger partial charge in [-0.1, -0.05) is 55.4 Å². The van der Waals surface area contributed by atoms with Gasteiger partial charge in [0.2, 0.25) is 0 Å². The first-order chi connectivity index (χ1) is 12.7. The van der Waals surface area contributed by atoms with E-state index in [0.29, 0.717) is 25.7 Å². The van der Waals surface area contributed by atoms with Crippen LogP contribution < -0.4 is 0 Å². The maximum Gasteiger partial charge on any atom is 0.138 e. The van der Waals surface area contributed by atoms with Crippen molar-refractivity contribution >= 4 is 35.1 Å². The molecule has 0 rings (SSSR count). The number of carbonyl (C=O) groups is 2. The molecule has 0 aromatic carbocycles. The molecule has 158 valence electrons. The number of hydrogen-bond donors (Lipinski definition) is 0. The Morgan fingerprint density at radius 2 is 1.00 bits per heavy atom. The van der Waals surface area contributed by atoms with Crippen LogP contribution in [0.3, 0.4) is 0 Å². The molecule has 0 heterocycles. The predicted octanol–water partition coefficient (Wildman–Crippen LogP) is 6.09. The Morgan fingerprint density at radius 3 is 1.18 bits per heavy atom. The molecule has 0 radical (unpaired) electrons. The fourth-order valence-electron chi connectivity index (χ4n) is 3.16. The van der Waals surface area contributed by atoms with E-state index in [1.807, 2.05) is 55.4 Å². The van der Waals surface area contributed by atoms with Gasteiger partial charge in [-0.25, -0.2) is 0 Å². The Morgan fingerprint density at radius 1 is 0.714 bits per heavy atom. The van der Waals surface area contributed by atoms with Crippen molar-refractivity contribution in [3.63, 3.8) is 0 Å². The molecule has 0 bridgehead atoms. The maximum absolute atomic E-state index is 12.7. The van der Waals surface area contributed by atoms with Gasteiger partial charge in [0.1, 0.15) is 21.1 Å². The van der Waals surface area contributed by atoms with Crippen LogP contribution in [-0.4, -0.2) is 30.6 Å². The molecule has 4 nitrogen and oxygen atoms in total. The van der Waals surface area contributed by atoms with E-state index in [-0.39, 0.29) is 33.9 Å². The summed E-state index contributed by atoms with van der Waals surface area (Å²) in [5, 5.41) is 20.7. The van der Waals surface area contributed by atoms with Crippen molar-refractivity contribution in [1.29, 1.82) is 10.5 Å². The average molecular weight is 425 g/mol. The zero-order valence-electron chi connectivity index (χ0n) is 18.8. The zero-order valence-corrected chi connectivity index (χ0v) is 20.4. The van der Waals surface area contributed by atoms with Crippen LogP contribution in [0.5, 0.6) is 0 Å². The number of thioether (sulfide) groups is 2. The van der Waals surface area contributed by atoms with E-state index in [2.05, 4.69) is 12.1 Å². The van der Waals surface area contributed by atoms with Gasteiger partial charge in [0.15, 0.2) is 0 Å². The molecule has 0 saturated heterocycles. The second-order valence-electron chi connectivity index (χ2n) is 9.24.